The Labute approximate surface area is 84.7 Å². The Hall–Kier alpha value is -0.520. The predicted molar refractivity (Wildman–Crippen MR) is 64.0 cm³/mol. The predicted octanol–water partition coefficient (Wildman–Crippen LogP) is 4.97. The van der Waals surface area contributed by atoms with Crippen LogP contribution in [0, 0.1) is 5.92 Å². The van der Waals surface area contributed by atoms with Gasteiger partial charge in [-0.25, -0.2) is 0 Å². The molecule has 0 N–H and O–H groups in total. The van der Waals surface area contributed by atoms with Gasteiger partial charge >= 0.3 is 0 Å². The number of unbranched alkanes of at least 4 members (excludes halogenated alkanes) is 1. The van der Waals surface area contributed by atoms with Crippen molar-refractivity contribution in [2.24, 2.45) is 5.92 Å². The Balaban J connectivity index is 0. The topological polar surface area (TPSA) is 0 Å². The van der Waals surface area contributed by atoms with Crippen molar-refractivity contribution in [2.45, 2.75) is 53.9 Å². The normalized spacial score (nSPS) is 12.1. The van der Waals surface area contributed by atoms with Crippen LogP contribution in [0.15, 0.2) is 24.3 Å². The summed E-state index contributed by atoms with van der Waals surface area (Å²) < 4.78 is 0. The van der Waals surface area contributed by atoms with Crippen LogP contribution in [0.3, 0.4) is 0 Å². The Morgan fingerprint density at radius 3 is 2.23 bits per heavy atom. The Kier molecular flexibility index (Phi) is 13.2. The van der Waals surface area contributed by atoms with Crippen LogP contribution < -0.4 is 0 Å². The average Bonchev–Trinajstić information content (AvgIpc) is 2.15. The fourth-order valence-corrected chi connectivity index (χ4v) is 0.786. The van der Waals surface area contributed by atoms with Gasteiger partial charge in [0.15, 0.2) is 0 Å². The van der Waals surface area contributed by atoms with E-state index in [2.05, 4.69) is 39.5 Å². The minimum atomic E-state index is 0.642. The quantitative estimate of drug-likeness (QED) is 0.526. The van der Waals surface area contributed by atoms with E-state index in [1.807, 2.05) is 13.8 Å². The van der Waals surface area contributed by atoms with Crippen molar-refractivity contribution in [1.82, 2.24) is 0 Å². The second-order valence-corrected chi connectivity index (χ2v) is 3.24. The van der Waals surface area contributed by atoms with Gasteiger partial charge in [0.25, 0.3) is 0 Å². The number of allylic oxidation sites excluding steroid dienone is 3. The van der Waals surface area contributed by atoms with Crippen molar-refractivity contribution in [3.63, 3.8) is 0 Å². The molecule has 0 amide bonds. The molecule has 0 saturated carbocycles. The molecule has 0 aromatic heterocycles. The first-order chi connectivity index (χ1) is 6.18. The third kappa shape index (κ3) is 11.5. The summed E-state index contributed by atoms with van der Waals surface area (Å²) in [6.45, 7) is 14.4. The fourth-order valence-electron chi connectivity index (χ4n) is 0.786. The zero-order valence-corrected chi connectivity index (χ0v) is 10.1. The van der Waals surface area contributed by atoms with E-state index in [4.69, 9.17) is 0 Å². The second kappa shape index (κ2) is 11.5. The molecule has 0 heterocycles. The highest BCUT2D eigenvalue weighted by atomic mass is 14.0. The van der Waals surface area contributed by atoms with Crippen molar-refractivity contribution in [3.05, 3.63) is 24.3 Å². The smallest absolute Gasteiger partial charge is 0.0203 e. The molecule has 0 bridgehead atoms. The lowest BCUT2D eigenvalue weighted by molar-refractivity contribution is 0.696. The summed E-state index contributed by atoms with van der Waals surface area (Å²) in [6.07, 6.45) is 8.14. The molecular formula is C13H26. The summed E-state index contributed by atoms with van der Waals surface area (Å²) in [5.74, 6) is 0.642. The van der Waals surface area contributed by atoms with Crippen LogP contribution in [-0.4, -0.2) is 0 Å². The lowest BCUT2D eigenvalue weighted by atomic mass is 10.0. The van der Waals surface area contributed by atoms with E-state index in [1.54, 1.807) is 0 Å². The van der Waals surface area contributed by atoms with Gasteiger partial charge < -0.3 is 0 Å². The molecule has 0 fully saturated rings. The summed E-state index contributed by atoms with van der Waals surface area (Å²) >= 11 is 0. The molecule has 0 rings (SSSR count). The van der Waals surface area contributed by atoms with E-state index in [9.17, 15) is 0 Å². The summed E-state index contributed by atoms with van der Waals surface area (Å²) in [6, 6.07) is 0. The lowest BCUT2D eigenvalue weighted by Crippen LogP contribution is -1.91. The molecule has 0 nitrogen and oxygen atoms in total. The molecule has 13 heavy (non-hydrogen) atoms. The lowest BCUT2D eigenvalue weighted by Gasteiger charge is -2.06. The van der Waals surface area contributed by atoms with E-state index in [0.717, 1.165) is 6.42 Å². The zero-order chi connectivity index (χ0) is 10.7. The molecule has 0 spiro atoms. The first-order valence-corrected chi connectivity index (χ1v) is 5.48. The summed E-state index contributed by atoms with van der Waals surface area (Å²) in [7, 11) is 0. The van der Waals surface area contributed by atoms with Gasteiger partial charge in [-0.1, -0.05) is 58.4 Å². The Bertz CT molecular complexity index is 131. The summed E-state index contributed by atoms with van der Waals surface area (Å²) in [4.78, 5) is 0. The standard InChI is InChI=1S/C11H20.C2H6/c1-5-6-7-8-9-11(4)10(2)3;1-2/h7-8,11H,2,5-6,9H2,1,3-4H3;1-2H3. The van der Waals surface area contributed by atoms with E-state index in [1.165, 1.54) is 18.4 Å². The fraction of sp³-hybridized carbons (Fsp3) is 0.692. The summed E-state index contributed by atoms with van der Waals surface area (Å²) in [5, 5.41) is 0. The Morgan fingerprint density at radius 1 is 1.31 bits per heavy atom. The first kappa shape index (κ1) is 15.0. The van der Waals surface area contributed by atoms with Crippen LogP contribution in [0.5, 0.6) is 0 Å². The number of hydrogen-bond acceptors (Lipinski definition) is 0. The maximum absolute atomic E-state index is 3.92. The maximum Gasteiger partial charge on any atom is -0.0203 e. The highest BCUT2D eigenvalue weighted by Gasteiger charge is 1.97. The first-order valence-electron chi connectivity index (χ1n) is 5.48. The molecule has 1 unspecified atom stereocenters. The van der Waals surface area contributed by atoms with Crippen molar-refractivity contribution in [2.75, 3.05) is 0 Å². The third-order valence-electron chi connectivity index (χ3n) is 1.95. The van der Waals surface area contributed by atoms with E-state index in [-0.39, 0.29) is 0 Å². The van der Waals surface area contributed by atoms with Crippen LogP contribution in [0.2, 0.25) is 0 Å². The highest BCUT2D eigenvalue weighted by molar-refractivity contribution is 4.97. The van der Waals surface area contributed by atoms with Crippen molar-refractivity contribution in [1.29, 1.82) is 0 Å². The number of rotatable bonds is 5. The van der Waals surface area contributed by atoms with Gasteiger partial charge in [-0.2, -0.15) is 0 Å². The minimum Gasteiger partial charge on any atom is -0.0999 e. The number of hydrogen-bond donors (Lipinski definition) is 0. The zero-order valence-electron chi connectivity index (χ0n) is 10.1. The third-order valence-corrected chi connectivity index (χ3v) is 1.95. The second-order valence-electron chi connectivity index (χ2n) is 3.24. The molecule has 0 aliphatic heterocycles. The van der Waals surface area contributed by atoms with Gasteiger partial charge in [0.2, 0.25) is 0 Å². The van der Waals surface area contributed by atoms with Crippen LogP contribution in [-0.2, 0) is 0 Å². The molecule has 1 atom stereocenters. The van der Waals surface area contributed by atoms with E-state index >= 15 is 0 Å². The van der Waals surface area contributed by atoms with E-state index < -0.39 is 0 Å². The minimum absolute atomic E-state index is 0.642. The molecular weight excluding hydrogens is 156 g/mol. The molecule has 0 radical (unpaired) electrons. The van der Waals surface area contributed by atoms with Crippen LogP contribution in [0.25, 0.3) is 0 Å². The maximum atomic E-state index is 3.92. The molecule has 0 saturated heterocycles. The van der Waals surface area contributed by atoms with Crippen molar-refractivity contribution < 1.29 is 0 Å². The largest absolute Gasteiger partial charge is 0.0999 e. The molecule has 0 aliphatic rings. The van der Waals surface area contributed by atoms with Gasteiger partial charge in [-0.15, -0.1) is 0 Å². The molecule has 0 heteroatoms. The SMILES string of the molecule is C=C(C)C(C)CC=CCCC.CC. The van der Waals surface area contributed by atoms with Gasteiger partial charge in [0, 0.05) is 0 Å². The van der Waals surface area contributed by atoms with Crippen molar-refractivity contribution in [3.8, 4) is 0 Å². The highest BCUT2D eigenvalue weighted by Crippen LogP contribution is 2.12. The van der Waals surface area contributed by atoms with Gasteiger partial charge in [-0.05, 0) is 25.7 Å². The molecule has 78 valence electrons. The molecule has 0 aliphatic carbocycles. The van der Waals surface area contributed by atoms with Gasteiger partial charge in [0.1, 0.15) is 0 Å². The molecule has 0 aromatic rings. The molecule has 0 aromatic carbocycles. The van der Waals surface area contributed by atoms with Crippen LogP contribution >= 0.6 is 0 Å². The van der Waals surface area contributed by atoms with Crippen LogP contribution in [0.4, 0.5) is 0 Å². The van der Waals surface area contributed by atoms with Gasteiger partial charge in [-0.3, -0.25) is 0 Å². The van der Waals surface area contributed by atoms with E-state index in [0.29, 0.717) is 5.92 Å². The Morgan fingerprint density at radius 2 is 1.85 bits per heavy atom. The average molecular weight is 182 g/mol. The van der Waals surface area contributed by atoms with Gasteiger partial charge in [0.05, 0.1) is 0 Å². The summed E-state index contributed by atoms with van der Waals surface area (Å²) in [5.41, 5.74) is 1.28. The van der Waals surface area contributed by atoms with Crippen LogP contribution in [0.1, 0.15) is 53.9 Å². The monoisotopic (exact) mass is 182 g/mol. The van der Waals surface area contributed by atoms with Crippen molar-refractivity contribution >= 4 is 0 Å².